The van der Waals surface area contributed by atoms with Crippen molar-refractivity contribution in [3.05, 3.63) is 28.8 Å². The highest BCUT2D eigenvalue weighted by Crippen LogP contribution is 2.28. The zero-order valence-corrected chi connectivity index (χ0v) is 11.1. The minimum Gasteiger partial charge on any atom is -0.367 e. The molecule has 2 aliphatic rings. The summed E-state index contributed by atoms with van der Waals surface area (Å²) in [6.07, 6.45) is 0.794. The molecule has 1 atom stereocenters. The minimum absolute atomic E-state index is 0.00588. The summed E-state index contributed by atoms with van der Waals surface area (Å²) in [6, 6.07) is 5.63. The Morgan fingerprint density at radius 2 is 2.21 bits per heavy atom. The largest absolute Gasteiger partial charge is 0.367 e. The number of urea groups is 1. The first-order valence-corrected chi connectivity index (χ1v) is 6.61. The molecule has 19 heavy (non-hydrogen) atoms. The number of hydrogen-bond donors (Lipinski definition) is 1. The number of rotatable bonds is 2. The Labute approximate surface area is 116 Å². The van der Waals surface area contributed by atoms with Crippen molar-refractivity contribution >= 4 is 29.6 Å². The average molecular weight is 280 g/mol. The molecule has 2 amide bonds. The average Bonchev–Trinajstić information content (AvgIpc) is 2.79. The summed E-state index contributed by atoms with van der Waals surface area (Å²) < 4.78 is 0. The quantitative estimate of drug-likeness (QED) is 0.832. The van der Waals surface area contributed by atoms with Crippen molar-refractivity contribution in [3.8, 4) is 0 Å². The number of anilines is 1. The maximum absolute atomic E-state index is 11.5. The number of hydrogen-bond acceptors (Lipinski definition) is 3. The van der Waals surface area contributed by atoms with Gasteiger partial charge in [-0.1, -0.05) is 17.7 Å². The normalized spacial score (nSPS) is 22.2. The van der Waals surface area contributed by atoms with Crippen molar-refractivity contribution in [2.24, 2.45) is 0 Å². The lowest BCUT2D eigenvalue weighted by atomic mass is 10.1. The number of fused-ring (bicyclic) bond motifs is 1. The van der Waals surface area contributed by atoms with Crippen LogP contribution in [-0.4, -0.2) is 49.4 Å². The van der Waals surface area contributed by atoms with E-state index in [0.29, 0.717) is 30.2 Å². The first kappa shape index (κ1) is 12.3. The molecule has 2 aliphatic heterocycles. The number of carbonyl (C=O) groups excluding carboxylic acids is 2. The Bertz CT molecular complexity index is 535. The first-order valence-electron chi connectivity index (χ1n) is 6.24. The molecule has 1 aromatic carbocycles. The number of halogens is 1. The van der Waals surface area contributed by atoms with E-state index in [0.717, 1.165) is 18.5 Å². The van der Waals surface area contributed by atoms with Gasteiger partial charge < -0.3 is 15.1 Å². The monoisotopic (exact) mass is 279 g/mol. The summed E-state index contributed by atoms with van der Waals surface area (Å²) in [7, 11) is 0. The molecule has 0 bridgehead atoms. The predicted octanol–water partition coefficient (Wildman–Crippen LogP) is 1.37. The van der Waals surface area contributed by atoms with Crippen molar-refractivity contribution < 1.29 is 9.59 Å². The molecule has 6 heteroatoms. The standard InChI is InChI=1S/C13H14ClN3O2/c14-11-2-1-3-12(10(11)8-18)16-4-5-17-9(7-16)6-15-13(17)19/h1-3,8-9H,4-7H2,(H,15,19). The molecule has 0 saturated carbocycles. The Morgan fingerprint density at radius 3 is 3.00 bits per heavy atom. The Morgan fingerprint density at radius 1 is 1.37 bits per heavy atom. The maximum atomic E-state index is 11.5. The van der Waals surface area contributed by atoms with Crippen LogP contribution in [0.25, 0.3) is 0 Å². The minimum atomic E-state index is 0.00588. The lowest BCUT2D eigenvalue weighted by Gasteiger charge is -2.38. The van der Waals surface area contributed by atoms with Crippen LogP contribution in [0.15, 0.2) is 18.2 Å². The van der Waals surface area contributed by atoms with Gasteiger partial charge in [0.25, 0.3) is 0 Å². The van der Waals surface area contributed by atoms with Crippen molar-refractivity contribution in [1.82, 2.24) is 10.2 Å². The molecule has 2 saturated heterocycles. The fourth-order valence-corrected chi connectivity index (χ4v) is 2.96. The smallest absolute Gasteiger partial charge is 0.317 e. The van der Waals surface area contributed by atoms with E-state index in [9.17, 15) is 9.59 Å². The Hall–Kier alpha value is -1.75. The van der Waals surface area contributed by atoms with E-state index < -0.39 is 0 Å². The third-order valence-electron chi connectivity index (χ3n) is 3.72. The molecule has 0 radical (unpaired) electrons. The molecule has 0 aromatic heterocycles. The lowest BCUT2D eigenvalue weighted by molar-refractivity contribution is 0.112. The van der Waals surface area contributed by atoms with Crippen LogP contribution in [0.2, 0.25) is 5.02 Å². The molecule has 0 spiro atoms. The fraction of sp³-hybridized carbons (Fsp3) is 0.385. The van der Waals surface area contributed by atoms with Crippen molar-refractivity contribution in [3.63, 3.8) is 0 Å². The van der Waals surface area contributed by atoms with E-state index in [1.54, 1.807) is 6.07 Å². The number of aldehydes is 1. The van der Waals surface area contributed by atoms with Gasteiger partial charge in [0, 0.05) is 31.9 Å². The molecule has 1 aromatic rings. The molecule has 2 fully saturated rings. The number of carbonyl (C=O) groups is 2. The molecule has 0 aliphatic carbocycles. The summed E-state index contributed by atoms with van der Waals surface area (Å²) in [5, 5.41) is 3.31. The van der Waals surface area contributed by atoms with Gasteiger partial charge in [-0.05, 0) is 12.1 Å². The zero-order chi connectivity index (χ0) is 13.4. The van der Waals surface area contributed by atoms with E-state index in [2.05, 4.69) is 10.2 Å². The van der Waals surface area contributed by atoms with Crippen LogP contribution in [0.1, 0.15) is 10.4 Å². The summed E-state index contributed by atoms with van der Waals surface area (Å²) >= 11 is 6.05. The summed E-state index contributed by atoms with van der Waals surface area (Å²) in [5.74, 6) is 0. The van der Waals surface area contributed by atoms with Crippen molar-refractivity contribution in [1.29, 1.82) is 0 Å². The second-order valence-corrected chi connectivity index (χ2v) is 5.18. The molecule has 1 unspecified atom stereocenters. The number of piperazine rings is 1. The Kier molecular flexibility index (Phi) is 3.06. The molecule has 3 rings (SSSR count). The highest BCUT2D eigenvalue weighted by molar-refractivity contribution is 6.33. The van der Waals surface area contributed by atoms with Crippen LogP contribution >= 0.6 is 11.6 Å². The first-order chi connectivity index (χ1) is 9.20. The number of nitrogens with zero attached hydrogens (tertiary/aromatic N) is 2. The summed E-state index contributed by atoms with van der Waals surface area (Å²) in [5.41, 5.74) is 1.37. The van der Waals surface area contributed by atoms with Crippen molar-refractivity contribution in [2.75, 3.05) is 31.1 Å². The van der Waals surface area contributed by atoms with E-state index in [1.807, 2.05) is 17.0 Å². The van der Waals surface area contributed by atoms with Gasteiger partial charge in [0.05, 0.1) is 16.6 Å². The van der Waals surface area contributed by atoms with Gasteiger partial charge in [-0.15, -0.1) is 0 Å². The van der Waals surface area contributed by atoms with Gasteiger partial charge in [0.1, 0.15) is 0 Å². The van der Waals surface area contributed by atoms with E-state index >= 15 is 0 Å². The second kappa shape index (κ2) is 4.74. The van der Waals surface area contributed by atoms with Crippen LogP contribution in [-0.2, 0) is 0 Å². The topological polar surface area (TPSA) is 52.7 Å². The zero-order valence-electron chi connectivity index (χ0n) is 10.3. The molecule has 2 heterocycles. The molecule has 1 N–H and O–H groups in total. The molecular formula is C13H14ClN3O2. The highest BCUT2D eigenvalue weighted by atomic mass is 35.5. The van der Waals surface area contributed by atoms with Crippen LogP contribution in [0, 0.1) is 0 Å². The van der Waals surface area contributed by atoms with Gasteiger partial charge in [-0.25, -0.2) is 4.79 Å². The number of benzene rings is 1. The van der Waals surface area contributed by atoms with Crippen LogP contribution in [0.5, 0.6) is 0 Å². The highest BCUT2D eigenvalue weighted by Gasteiger charge is 2.35. The van der Waals surface area contributed by atoms with E-state index in [4.69, 9.17) is 11.6 Å². The molecular weight excluding hydrogens is 266 g/mol. The lowest BCUT2D eigenvalue weighted by Crippen LogP contribution is -2.52. The predicted molar refractivity (Wildman–Crippen MR) is 72.9 cm³/mol. The summed E-state index contributed by atoms with van der Waals surface area (Å²) in [6.45, 7) is 2.76. The van der Waals surface area contributed by atoms with Crippen molar-refractivity contribution in [2.45, 2.75) is 6.04 Å². The van der Waals surface area contributed by atoms with Gasteiger partial charge in [-0.2, -0.15) is 0 Å². The van der Waals surface area contributed by atoms with Gasteiger partial charge in [0.2, 0.25) is 0 Å². The van der Waals surface area contributed by atoms with Crippen LogP contribution in [0.4, 0.5) is 10.5 Å². The maximum Gasteiger partial charge on any atom is 0.317 e. The number of amides is 2. The third-order valence-corrected chi connectivity index (χ3v) is 4.05. The fourth-order valence-electron chi connectivity index (χ4n) is 2.74. The van der Waals surface area contributed by atoms with Crippen LogP contribution < -0.4 is 10.2 Å². The van der Waals surface area contributed by atoms with Crippen LogP contribution in [0.3, 0.4) is 0 Å². The second-order valence-electron chi connectivity index (χ2n) is 4.77. The van der Waals surface area contributed by atoms with E-state index in [-0.39, 0.29) is 12.1 Å². The van der Waals surface area contributed by atoms with E-state index in [1.165, 1.54) is 0 Å². The Balaban J connectivity index is 1.86. The van der Waals surface area contributed by atoms with Gasteiger partial charge in [0.15, 0.2) is 6.29 Å². The van der Waals surface area contributed by atoms with Gasteiger partial charge in [-0.3, -0.25) is 4.79 Å². The molecule has 100 valence electrons. The summed E-state index contributed by atoms with van der Waals surface area (Å²) in [4.78, 5) is 26.7. The molecule has 5 nitrogen and oxygen atoms in total. The van der Waals surface area contributed by atoms with Gasteiger partial charge >= 0.3 is 6.03 Å². The number of nitrogens with one attached hydrogen (secondary N) is 1. The SMILES string of the molecule is O=Cc1c(Cl)cccc1N1CCN2C(=O)NCC2C1. The third kappa shape index (κ3) is 2.04.